The van der Waals surface area contributed by atoms with Crippen molar-refractivity contribution in [2.75, 3.05) is 5.32 Å². The Bertz CT molecular complexity index is 578. The molecule has 0 saturated carbocycles. The molecule has 1 aliphatic heterocycles. The van der Waals surface area contributed by atoms with Crippen molar-refractivity contribution < 1.29 is 23.2 Å². The summed E-state index contributed by atoms with van der Waals surface area (Å²) in [6, 6.07) is 0. The number of hydrogen-bond acceptors (Lipinski definition) is 4. The van der Waals surface area contributed by atoms with Crippen LogP contribution in [0.2, 0.25) is 0 Å². The highest BCUT2D eigenvalue weighted by Crippen LogP contribution is 2.46. The number of nitrogens with one attached hydrogen (secondary N) is 1. The number of nitrogens with zero attached hydrogens (tertiary/aromatic N) is 1. The largest absolute Gasteiger partial charge is 0.477 e. The molecular formula is C9H5BrF2N2O4. The van der Waals surface area contributed by atoms with Gasteiger partial charge in [0.25, 0.3) is 5.91 Å². The Balaban J connectivity index is 2.74. The van der Waals surface area contributed by atoms with E-state index in [0.717, 1.165) is 0 Å². The lowest BCUT2D eigenvalue weighted by molar-refractivity contribution is -0.388. The van der Waals surface area contributed by atoms with Crippen molar-refractivity contribution in [1.82, 2.24) is 0 Å². The Hall–Kier alpha value is -1.77. The van der Waals surface area contributed by atoms with Crippen molar-refractivity contribution in [2.24, 2.45) is 0 Å². The summed E-state index contributed by atoms with van der Waals surface area (Å²) >= 11 is 2.78. The smallest absolute Gasteiger partial charge is 0.325 e. The van der Waals surface area contributed by atoms with Crippen LogP contribution in [0.3, 0.4) is 0 Å². The summed E-state index contributed by atoms with van der Waals surface area (Å²) in [7, 11) is 0. The van der Waals surface area contributed by atoms with E-state index in [4.69, 9.17) is 4.74 Å². The Morgan fingerprint density at radius 2 is 2.06 bits per heavy atom. The third-order valence-corrected chi connectivity index (χ3v) is 3.08. The van der Waals surface area contributed by atoms with Crippen LogP contribution in [0.15, 0.2) is 4.47 Å². The molecule has 0 saturated heterocycles. The fraction of sp³-hybridized carbons (Fsp3) is 0.222. The number of carbonyl (C=O) groups excluding carboxylic acids is 1. The molecule has 0 spiro atoms. The molecule has 1 aliphatic rings. The Labute approximate surface area is 107 Å². The van der Waals surface area contributed by atoms with Gasteiger partial charge in [0.2, 0.25) is 5.82 Å². The molecule has 1 N–H and O–H groups in total. The summed E-state index contributed by atoms with van der Waals surface area (Å²) in [5.74, 6) is -4.15. The van der Waals surface area contributed by atoms with E-state index in [1.165, 1.54) is 6.92 Å². The zero-order chi connectivity index (χ0) is 13.6. The topological polar surface area (TPSA) is 81.5 Å². The first-order valence-electron chi connectivity index (χ1n) is 4.67. The van der Waals surface area contributed by atoms with Crippen molar-refractivity contribution >= 4 is 33.2 Å². The predicted molar refractivity (Wildman–Crippen MR) is 59.4 cm³/mol. The maximum absolute atomic E-state index is 13.6. The highest BCUT2D eigenvalue weighted by atomic mass is 79.9. The van der Waals surface area contributed by atoms with E-state index in [1.807, 2.05) is 0 Å². The molecule has 9 heteroatoms. The molecule has 0 bridgehead atoms. The summed E-state index contributed by atoms with van der Waals surface area (Å²) in [6.45, 7) is 1.37. The second kappa shape index (κ2) is 4.16. The van der Waals surface area contributed by atoms with Gasteiger partial charge in [0.05, 0.1) is 4.92 Å². The minimum absolute atomic E-state index is 0.298. The summed E-state index contributed by atoms with van der Waals surface area (Å²) in [5.41, 5.74) is -1.62. The van der Waals surface area contributed by atoms with Gasteiger partial charge in [-0.15, -0.1) is 0 Å². The van der Waals surface area contributed by atoms with Crippen LogP contribution in [-0.2, 0) is 4.79 Å². The van der Waals surface area contributed by atoms with Gasteiger partial charge in [-0.25, -0.2) is 4.39 Å². The lowest BCUT2D eigenvalue weighted by Crippen LogP contribution is -2.35. The van der Waals surface area contributed by atoms with Crippen molar-refractivity contribution in [2.45, 2.75) is 13.0 Å². The van der Waals surface area contributed by atoms with Gasteiger partial charge in [0.1, 0.15) is 10.2 Å². The van der Waals surface area contributed by atoms with Gasteiger partial charge in [-0.05, 0) is 22.9 Å². The molecule has 1 amide bonds. The molecule has 0 aliphatic carbocycles. The van der Waals surface area contributed by atoms with Crippen LogP contribution < -0.4 is 10.1 Å². The third-order valence-electron chi connectivity index (χ3n) is 2.35. The van der Waals surface area contributed by atoms with Crippen LogP contribution in [-0.4, -0.2) is 16.9 Å². The minimum Gasteiger partial charge on any atom is -0.477 e. The summed E-state index contributed by atoms with van der Waals surface area (Å²) in [6.07, 6.45) is -0.960. The quantitative estimate of drug-likeness (QED) is 0.489. The lowest BCUT2D eigenvalue weighted by Gasteiger charge is -2.24. The number of ether oxygens (including phenoxy) is 1. The van der Waals surface area contributed by atoms with E-state index >= 15 is 0 Å². The molecule has 96 valence electrons. The number of rotatable bonds is 1. The minimum atomic E-state index is -1.66. The van der Waals surface area contributed by atoms with E-state index in [1.54, 1.807) is 0 Å². The van der Waals surface area contributed by atoms with Gasteiger partial charge in [-0.3, -0.25) is 14.9 Å². The Morgan fingerprint density at radius 1 is 1.44 bits per heavy atom. The number of benzene rings is 1. The molecule has 1 aromatic carbocycles. The van der Waals surface area contributed by atoms with Crippen LogP contribution in [0.25, 0.3) is 0 Å². The van der Waals surface area contributed by atoms with Gasteiger partial charge in [0.15, 0.2) is 17.7 Å². The fourth-order valence-electron chi connectivity index (χ4n) is 1.46. The normalized spacial score (nSPS) is 17.8. The number of anilines is 1. The molecule has 18 heavy (non-hydrogen) atoms. The second-order valence-electron chi connectivity index (χ2n) is 3.50. The number of fused-ring (bicyclic) bond motifs is 1. The van der Waals surface area contributed by atoms with Crippen LogP contribution in [0.5, 0.6) is 5.75 Å². The number of carbonyl (C=O) groups is 1. The summed E-state index contributed by atoms with van der Waals surface area (Å²) < 4.78 is 31.7. The van der Waals surface area contributed by atoms with E-state index in [0.29, 0.717) is 0 Å². The van der Waals surface area contributed by atoms with Crippen LogP contribution in [0.1, 0.15) is 6.92 Å². The maximum Gasteiger partial charge on any atom is 0.325 e. The number of hydrogen-bond donors (Lipinski definition) is 1. The molecule has 0 aromatic heterocycles. The zero-order valence-electron chi connectivity index (χ0n) is 8.79. The third kappa shape index (κ3) is 1.70. The number of amides is 1. The number of halogens is 3. The summed E-state index contributed by atoms with van der Waals surface area (Å²) in [5, 5.41) is 12.7. The average molecular weight is 323 g/mol. The highest BCUT2D eigenvalue weighted by molar-refractivity contribution is 9.10. The van der Waals surface area contributed by atoms with Crippen molar-refractivity contribution in [1.29, 1.82) is 0 Å². The fourth-order valence-corrected chi connectivity index (χ4v) is 2.08. The van der Waals surface area contributed by atoms with Gasteiger partial charge in [0, 0.05) is 0 Å². The van der Waals surface area contributed by atoms with E-state index in [9.17, 15) is 23.7 Å². The molecule has 0 radical (unpaired) electrons. The molecule has 0 fully saturated rings. The monoisotopic (exact) mass is 322 g/mol. The standard InChI is InChI=1S/C9H5BrF2N2O4/c1-2-9(15)13-6-4(11)5(12)7(14(16)17)3(10)8(6)18-2/h2H,1H3,(H,13,15)/t2-/m1/s1. The second-order valence-corrected chi connectivity index (χ2v) is 4.29. The molecule has 1 atom stereocenters. The first-order chi connectivity index (χ1) is 8.34. The maximum atomic E-state index is 13.6. The number of nitro groups is 1. The van der Waals surface area contributed by atoms with Gasteiger partial charge in [-0.1, -0.05) is 0 Å². The average Bonchev–Trinajstić information content (AvgIpc) is 2.29. The van der Waals surface area contributed by atoms with Crippen LogP contribution >= 0.6 is 15.9 Å². The van der Waals surface area contributed by atoms with Gasteiger partial charge >= 0.3 is 5.69 Å². The van der Waals surface area contributed by atoms with Crippen molar-refractivity contribution in [3.05, 3.63) is 26.2 Å². The van der Waals surface area contributed by atoms with Crippen LogP contribution in [0, 0.1) is 21.7 Å². The number of nitro benzene ring substituents is 1. The summed E-state index contributed by atoms with van der Waals surface area (Å²) in [4.78, 5) is 20.9. The van der Waals surface area contributed by atoms with Crippen molar-refractivity contribution in [3.63, 3.8) is 0 Å². The van der Waals surface area contributed by atoms with E-state index < -0.39 is 39.9 Å². The van der Waals surface area contributed by atoms with E-state index in [-0.39, 0.29) is 10.2 Å². The lowest BCUT2D eigenvalue weighted by atomic mass is 10.2. The van der Waals surface area contributed by atoms with Crippen LogP contribution in [0.4, 0.5) is 20.2 Å². The molecule has 0 unspecified atom stereocenters. The van der Waals surface area contributed by atoms with Gasteiger partial charge in [-0.2, -0.15) is 4.39 Å². The van der Waals surface area contributed by atoms with Crippen molar-refractivity contribution in [3.8, 4) is 5.75 Å². The first kappa shape index (κ1) is 12.7. The molecular weight excluding hydrogens is 318 g/mol. The molecule has 6 nitrogen and oxygen atoms in total. The Kier molecular flexibility index (Phi) is 2.93. The van der Waals surface area contributed by atoms with Gasteiger partial charge < -0.3 is 10.1 Å². The molecule has 2 rings (SSSR count). The predicted octanol–water partition coefficient (Wildman–Crippen LogP) is 2.35. The van der Waals surface area contributed by atoms with E-state index in [2.05, 4.69) is 21.2 Å². The molecule has 1 heterocycles. The zero-order valence-corrected chi connectivity index (χ0v) is 10.4. The highest BCUT2D eigenvalue weighted by Gasteiger charge is 2.36. The molecule has 1 aromatic rings. The first-order valence-corrected chi connectivity index (χ1v) is 5.46. The Morgan fingerprint density at radius 3 is 2.61 bits per heavy atom. The SMILES string of the molecule is C[C@H]1Oc2c(Br)c([N+](=O)[O-])c(F)c(F)c2NC1=O.